The number of benzene rings is 1. The summed E-state index contributed by atoms with van der Waals surface area (Å²) >= 11 is -1.99. The summed E-state index contributed by atoms with van der Waals surface area (Å²) in [4.78, 5) is 0. The molecule has 4 nitrogen and oxygen atoms in total. The summed E-state index contributed by atoms with van der Waals surface area (Å²) in [5, 5.41) is 0.980. The van der Waals surface area contributed by atoms with Crippen LogP contribution in [0.3, 0.4) is 0 Å². The molecule has 2 aromatic rings. The summed E-state index contributed by atoms with van der Waals surface area (Å²) < 4.78 is 27.1. The lowest BCUT2D eigenvalue weighted by atomic mass is 10.1. The van der Waals surface area contributed by atoms with Gasteiger partial charge in [-0.15, -0.1) is 0 Å². The highest BCUT2D eigenvalue weighted by molar-refractivity contribution is 7.77. The molecule has 0 spiro atoms. The molecule has 0 saturated carbocycles. The molecular formula is C10H11NO3S. The van der Waals surface area contributed by atoms with Crippen LogP contribution in [-0.4, -0.2) is 8.76 Å². The number of furan rings is 1. The summed E-state index contributed by atoms with van der Waals surface area (Å²) in [7, 11) is 0. The summed E-state index contributed by atoms with van der Waals surface area (Å²) in [6.45, 7) is 2.17. The van der Waals surface area contributed by atoms with Gasteiger partial charge < -0.3 is 4.42 Å². The van der Waals surface area contributed by atoms with Gasteiger partial charge in [-0.25, -0.2) is 8.93 Å². The average molecular weight is 225 g/mol. The molecule has 1 aromatic carbocycles. The summed E-state index contributed by atoms with van der Waals surface area (Å²) in [5.74, 6) is 0.772. The molecule has 0 radical (unpaired) electrons. The Kier molecular flexibility index (Phi) is 2.86. The third kappa shape index (κ3) is 2.09. The second kappa shape index (κ2) is 4.14. The number of para-hydroxylation sites is 1. The molecule has 0 fully saturated rings. The molecule has 0 aliphatic rings. The fourth-order valence-electron chi connectivity index (χ4n) is 1.57. The Hall–Kier alpha value is -1.17. The van der Waals surface area contributed by atoms with E-state index in [1.807, 2.05) is 31.2 Å². The number of hydrogen-bond acceptors (Lipinski definition) is 2. The van der Waals surface area contributed by atoms with Crippen LogP contribution in [-0.2, 0) is 17.8 Å². The Bertz CT molecular complexity index is 506. The fourth-order valence-corrected chi connectivity index (χ4v) is 1.84. The first-order valence-corrected chi connectivity index (χ1v) is 5.60. The maximum absolute atomic E-state index is 10.5. The van der Waals surface area contributed by atoms with E-state index in [0.717, 1.165) is 22.3 Å². The van der Waals surface area contributed by atoms with Gasteiger partial charge >= 0.3 is 0 Å². The zero-order chi connectivity index (χ0) is 10.8. The van der Waals surface area contributed by atoms with Gasteiger partial charge in [0.15, 0.2) is 0 Å². The summed E-state index contributed by atoms with van der Waals surface area (Å²) in [6, 6.07) is 7.62. The predicted molar refractivity (Wildman–Crippen MR) is 58.6 cm³/mol. The van der Waals surface area contributed by atoms with Crippen molar-refractivity contribution in [1.82, 2.24) is 4.72 Å². The van der Waals surface area contributed by atoms with Gasteiger partial charge in [-0.05, 0) is 13.0 Å². The van der Waals surface area contributed by atoms with Crippen LogP contribution in [0, 0.1) is 6.92 Å². The molecule has 2 rings (SSSR count). The Balaban J connectivity index is 2.40. The van der Waals surface area contributed by atoms with E-state index in [9.17, 15) is 4.21 Å². The highest BCUT2D eigenvalue weighted by Crippen LogP contribution is 2.24. The minimum Gasteiger partial charge on any atom is -0.461 e. The fraction of sp³-hybridized carbons (Fsp3) is 0.200. The van der Waals surface area contributed by atoms with Crippen molar-refractivity contribution in [3.05, 3.63) is 35.6 Å². The van der Waals surface area contributed by atoms with E-state index in [1.54, 1.807) is 0 Å². The molecule has 0 amide bonds. The van der Waals surface area contributed by atoms with Gasteiger partial charge in [0.2, 0.25) is 11.3 Å². The van der Waals surface area contributed by atoms with Crippen LogP contribution in [0.25, 0.3) is 11.0 Å². The van der Waals surface area contributed by atoms with E-state index in [4.69, 9.17) is 8.97 Å². The van der Waals surface area contributed by atoms with Crippen molar-refractivity contribution in [2.24, 2.45) is 0 Å². The first-order valence-electron chi connectivity index (χ1n) is 4.50. The van der Waals surface area contributed by atoms with E-state index >= 15 is 0 Å². The number of fused-ring (bicyclic) bond motifs is 1. The molecule has 80 valence electrons. The molecule has 2 N–H and O–H groups in total. The maximum atomic E-state index is 10.5. The minimum absolute atomic E-state index is 0.325. The van der Waals surface area contributed by atoms with Crippen molar-refractivity contribution < 1.29 is 13.2 Å². The monoisotopic (exact) mass is 225 g/mol. The van der Waals surface area contributed by atoms with Gasteiger partial charge in [0.05, 0.1) is 0 Å². The molecule has 1 heterocycles. The lowest BCUT2D eigenvalue weighted by Gasteiger charge is -1.98. The molecule has 1 aromatic heterocycles. The first kappa shape index (κ1) is 10.4. The molecular weight excluding hydrogens is 214 g/mol. The van der Waals surface area contributed by atoms with Crippen LogP contribution in [0.4, 0.5) is 0 Å². The van der Waals surface area contributed by atoms with E-state index in [1.165, 1.54) is 0 Å². The minimum atomic E-state index is -1.99. The van der Waals surface area contributed by atoms with Crippen LogP contribution in [0.2, 0.25) is 0 Å². The molecule has 5 heteroatoms. The van der Waals surface area contributed by atoms with Gasteiger partial charge in [0.1, 0.15) is 11.3 Å². The predicted octanol–water partition coefficient (Wildman–Crippen LogP) is 1.97. The highest BCUT2D eigenvalue weighted by atomic mass is 32.2. The third-order valence-electron chi connectivity index (χ3n) is 2.27. The first-order chi connectivity index (χ1) is 7.18. The van der Waals surface area contributed by atoms with Crippen molar-refractivity contribution in [1.29, 1.82) is 0 Å². The standard InChI is InChI=1S/C10H11NO3S/c1-7-9(6-11-15(12)13)8-4-2-3-5-10(8)14-7/h2-5,11H,6H2,1H3,(H,12,13). The molecule has 1 unspecified atom stereocenters. The normalized spacial score (nSPS) is 13.2. The number of nitrogens with one attached hydrogen (secondary N) is 1. The molecule has 0 aliphatic heterocycles. The van der Waals surface area contributed by atoms with Gasteiger partial charge in [-0.3, -0.25) is 4.55 Å². The maximum Gasteiger partial charge on any atom is 0.232 e. The molecule has 0 bridgehead atoms. The van der Waals surface area contributed by atoms with Crippen LogP contribution in [0.1, 0.15) is 11.3 Å². The number of hydrogen-bond donors (Lipinski definition) is 2. The van der Waals surface area contributed by atoms with Crippen LogP contribution in [0.15, 0.2) is 28.7 Å². The topological polar surface area (TPSA) is 62.5 Å². The second-order valence-electron chi connectivity index (χ2n) is 3.20. The molecule has 0 aliphatic carbocycles. The van der Waals surface area contributed by atoms with Crippen molar-refractivity contribution in [2.45, 2.75) is 13.5 Å². The summed E-state index contributed by atoms with van der Waals surface area (Å²) in [6.07, 6.45) is 0. The number of aryl methyl sites for hydroxylation is 1. The lowest BCUT2D eigenvalue weighted by molar-refractivity contribution is 0.545. The zero-order valence-electron chi connectivity index (χ0n) is 8.19. The smallest absolute Gasteiger partial charge is 0.232 e. The second-order valence-corrected chi connectivity index (χ2v) is 3.99. The zero-order valence-corrected chi connectivity index (χ0v) is 9.00. The summed E-state index contributed by atoms with van der Waals surface area (Å²) in [5.41, 5.74) is 1.73. The largest absolute Gasteiger partial charge is 0.461 e. The highest BCUT2D eigenvalue weighted by Gasteiger charge is 2.10. The van der Waals surface area contributed by atoms with Crippen molar-refractivity contribution in [3.8, 4) is 0 Å². The quantitative estimate of drug-likeness (QED) is 0.785. The van der Waals surface area contributed by atoms with E-state index in [2.05, 4.69) is 4.72 Å². The van der Waals surface area contributed by atoms with Gasteiger partial charge in [0, 0.05) is 17.5 Å². The van der Waals surface area contributed by atoms with Gasteiger partial charge in [-0.1, -0.05) is 18.2 Å². The average Bonchev–Trinajstić information content (AvgIpc) is 2.50. The molecule has 1 atom stereocenters. The number of rotatable bonds is 3. The van der Waals surface area contributed by atoms with Gasteiger partial charge in [-0.2, -0.15) is 0 Å². The van der Waals surface area contributed by atoms with E-state index in [0.29, 0.717) is 6.54 Å². The SMILES string of the molecule is Cc1oc2ccccc2c1CNS(=O)O. The Morgan fingerprint density at radius 2 is 2.20 bits per heavy atom. The van der Waals surface area contributed by atoms with Crippen LogP contribution < -0.4 is 4.72 Å². The lowest BCUT2D eigenvalue weighted by Crippen LogP contribution is -2.15. The Labute approximate surface area is 89.7 Å². The molecule has 15 heavy (non-hydrogen) atoms. The Morgan fingerprint density at radius 3 is 2.93 bits per heavy atom. The van der Waals surface area contributed by atoms with E-state index in [-0.39, 0.29) is 0 Å². The van der Waals surface area contributed by atoms with Gasteiger partial charge in [0.25, 0.3) is 0 Å². The van der Waals surface area contributed by atoms with Crippen LogP contribution >= 0.6 is 0 Å². The van der Waals surface area contributed by atoms with Crippen molar-refractivity contribution in [2.75, 3.05) is 0 Å². The third-order valence-corrected chi connectivity index (χ3v) is 2.66. The van der Waals surface area contributed by atoms with E-state index < -0.39 is 11.3 Å². The van der Waals surface area contributed by atoms with Crippen molar-refractivity contribution in [3.63, 3.8) is 0 Å². The Morgan fingerprint density at radius 1 is 1.47 bits per heavy atom. The van der Waals surface area contributed by atoms with Crippen LogP contribution in [0.5, 0.6) is 0 Å². The molecule has 0 saturated heterocycles. The van der Waals surface area contributed by atoms with Crippen molar-refractivity contribution >= 4 is 22.2 Å².